The second-order valence-electron chi connectivity index (χ2n) is 11.4. The van der Waals surface area contributed by atoms with Crippen molar-refractivity contribution >= 4 is 47.0 Å². The third-order valence-corrected chi connectivity index (χ3v) is 7.54. The maximum atomic E-state index is 13.5. The first-order chi connectivity index (χ1) is 21.3. The van der Waals surface area contributed by atoms with Gasteiger partial charge in [0.25, 0.3) is 5.91 Å². The number of likely N-dealkylation sites (N-methyl/N-ethyl adjacent to an activating group) is 1. The lowest BCUT2D eigenvalue weighted by molar-refractivity contribution is -0.139. The predicted molar refractivity (Wildman–Crippen MR) is 166 cm³/mol. The van der Waals surface area contributed by atoms with E-state index < -0.39 is 65.5 Å². The molecule has 0 spiro atoms. The molecule has 244 valence electrons. The lowest BCUT2D eigenvalue weighted by Crippen LogP contribution is -2.59. The minimum Gasteiger partial charge on any atom is -0.355 e. The number of carbonyl (C=O) groups is 6. The highest BCUT2D eigenvalue weighted by atomic mass is 35.5. The summed E-state index contributed by atoms with van der Waals surface area (Å²) in [6.07, 6.45) is 1.99. The SMILES string of the molecule is CC(C)[C@H]1NC(=O)[C@@H](NC(=O)c2nn(C)cc2Cl)CCCNC(=O)CN(C)C(=O)[C@H](Cc2ccccc2)NC(=O)[C@@H](C)NC1=O. The number of carbonyl (C=O) groups excluding carboxylic acids is 6. The molecule has 2 heterocycles. The van der Waals surface area contributed by atoms with Crippen molar-refractivity contribution in [3.8, 4) is 0 Å². The Morgan fingerprint density at radius 1 is 1.02 bits per heavy atom. The first kappa shape index (κ1) is 35.0. The molecular weight excluding hydrogens is 604 g/mol. The van der Waals surface area contributed by atoms with Gasteiger partial charge in [0, 0.05) is 33.3 Å². The van der Waals surface area contributed by atoms with Crippen molar-refractivity contribution in [3.05, 3.63) is 52.8 Å². The first-order valence-electron chi connectivity index (χ1n) is 14.7. The zero-order valence-electron chi connectivity index (χ0n) is 26.1. The van der Waals surface area contributed by atoms with Crippen LogP contribution in [0.2, 0.25) is 5.02 Å². The second kappa shape index (κ2) is 16.0. The molecule has 1 saturated heterocycles. The molecule has 1 fully saturated rings. The molecule has 1 aliphatic heterocycles. The van der Waals surface area contributed by atoms with E-state index in [2.05, 4.69) is 31.7 Å². The summed E-state index contributed by atoms with van der Waals surface area (Å²) < 4.78 is 1.36. The molecule has 1 aromatic heterocycles. The van der Waals surface area contributed by atoms with Gasteiger partial charge in [-0.3, -0.25) is 33.4 Å². The number of nitrogens with one attached hydrogen (secondary N) is 5. The Kier molecular flexibility index (Phi) is 12.5. The van der Waals surface area contributed by atoms with E-state index in [1.165, 1.54) is 29.7 Å². The fourth-order valence-electron chi connectivity index (χ4n) is 4.76. The average molecular weight is 645 g/mol. The Labute approximate surface area is 267 Å². The molecule has 45 heavy (non-hydrogen) atoms. The van der Waals surface area contributed by atoms with Gasteiger partial charge < -0.3 is 31.5 Å². The summed E-state index contributed by atoms with van der Waals surface area (Å²) in [4.78, 5) is 80.3. The predicted octanol–water partition coefficient (Wildman–Crippen LogP) is -0.0867. The van der Waals surface area contributed by atoms with Gasteiger partial charge in [0.15, 0.2) is 5.69 Å². The molecule has 4 atom stereocenters. The molecule has 6 amide bonds. The van der Waals surface area contributed by atoms with Crippen molar-refractivity contribution in [1.82, 2.24) is 41.3 Å². The van der Waals surface area contributed by atoms with Crippen LogP contribution in [-0.2, 0) is 37.4 Å². The molecule has 0 radical (unpaired) electrons. The van der Waals surface area contributed by atoms with E-state index in [-0.39, 0.29) is 43.1 Å². The fraction of sp³-hybridized carbons (Fsp3) is 0.500. The van der Waals surface area contributed by atoms with Gasteiger partial charge in [0.1, 0.15) is 24.2 Å². The average Bonchev–Trinajstić information content (AvgIpc) is 3.33. The third kappa shape index (κ3) is 10.0. The highest BCUT2D eigenvalue weighted by Crippen LogP contribution is 2.14. The van der Waals surface area contributed by atoms with E-state index in [9.17, 15) is 28.8 Å². The first-order valence-corrected chi connectivity index (χ1v) is 15.1. The monoisotopic (exact) mass is 644 g/mol. The number of rotatable bonds is 5. The van der Waals surface area contributed by atoms with Crippen LogP contribution in [0.15, 0.2) is 36.5 Å². The number of halogens is 1. The van der Waals surface area contributed by atoms with Crippen LogP contribution in [0.1, 0.15) is 49.7 Å². The van der Waals surface area contributed by atoms with Gasteiger partial charge in [-0.15, -0.1) is 0 Å². The van der Waals surface area contributed by atoms with Crippen LogP contribution in [0.3, 0.4) is 0 Å². The molecule has 15 heteroatoms. The molecule has 0 unspecified atom stereocenters. The van der Waals surface area contributed by atoms with E-state index >= 15 is 0 Å². The number of amides is 6. The molecule has 1 aliphatic rings. The van der Waals surface area contributed by atoms with Crippen molar-refractivity contribution in [3.63, 3.8) is 0 Å². The molecular formula is C30H41ClN8O6. The van der Waals surface area contributed by atoms with Gasteiger partial charge in [-0.1, -0.05) is 55.8 Å². The van der Waals surface area contributed by atoms with Crippen LogP contribution in [0, 0.1) is 5.92 Å². The zero-order valence-corrected chi connectivity index (χ0v) is 26.8. The Hall–Kier alpha value is -4.46. The highest BCUT2D eigenvalue weighted by molar-refractivity contribution is 6.33. The molecule has 0 bridgehead atoms. The van der Waals surface area contributed by atoms with Crippen LogP contribution in [-0.4, -0.2) is 94.4 Å². The number of hydrogen-bond donors (Lipinski definition) is 5. The van der Waals surface area contributed by atoms with Gasteiger partial charge in [0.05, 0.1) is 11.6 Å². The third-order valence-electron chi connectivity index (χ3n) is 7.27. The van der Waals surface area contributed by atoms with Gasteiger partial charge >= 0.3 is 0 Å². The zero-order chi connectivity index (χ0) is 33.3. The molecule has 2 aromatic rings. The quantitative estimate of drug-likeness (QED) is 0.301. The second-order valence-corrected chi connectivity index (χ2v) is 11.8. The number of nitrogens with zero attached hydrogens (tertiary/aromatic N) is 3. The minimum absolute atomic E-state index is 0.0732. The standard InChI is InChI=1S/C30H41ClN8O6/c1-17(2)24-28(43)33-18(3)26(41)35-22(14-19-10-7-6-8-11-19)30(45)38(4)16-23(40)32-13-9-12-21(27(42)36-24)34-29(44)25-20(31)15-39(5)37-25/h6-8,10-11,15,17-18,21-22,24H,9,12-14,16H2,1-5H3,(H,32,40)(H,33,43)(H,34,44)(H,35,41)(H,36,42)/t18-,21+,22+,24-/m1/s1. The van der Waals surface area contributed by atoms with Gasteiger partial charge in [0.2, 0.25) is 29.5 Å². The topological polar surface area (TPSA) is 184 Å². The van der Waals surface area contributed by atoms with Crippen molar-refractivity contribution in [2.24, 2.45) is 13.0 Å². The maximum Gasteiger partial charge on any atom is 0.273 e. The number of hydrogen-bond acceptors (Lipinski definition) is 7. The summed E-state index contributed by atoms with van der Waals surface area (Å²) in [6.45, 7) is 4.78. The lowest BCUT2D eigenvalue weighted by Gasteiger charge is -2.28. The number of aromatic nitrogens is 2. The number of benzene rings is 1. The smallest absolute Gasteiger partial charge is 0.273 e. The summed E-state index contributed by atoms with van der Waals surface area (Å²) >= 11 is 6.12. The normalized spacial score (nSPS) is 22.9. The van der Waals surface area contributed by atoms with E-state index in [1.54, 1.807) is 20.9 Å². The number of aryl methyl sites for hydroxylation is 1. The molecule has 0 saturated carbocycles. The highest BCUT2D eigenvalue weighted by Gasteiger charge is 2.33. The summed E-state index contributed by atoms with van der Waals surface area (Å²) in [5, 5.41) is 17.5. The van der Waals surface area contributed by atoms with E-state index in [0.717, 1.165) is 5.56 Å². The summed E-state index contributed by atoms with van der Waals surface area (Å²) in [7, 11) is 3.05. The van der Waals surface area contributed by atoms with Crippen molar-refractivity contribution in [1.29, 1.82) is 0 Å². The van der Waals surface area contributed by atoms with Crippen molar-refractivity contribution in [2.75, 3.05) is 20.1 Å². The largest absolute Gasteiger partial charge is 0.355 e. The van der Waals surface area contributed by atoms with Crippen molar-refractivity contribution in [2.45, 2.75) is 64.2 Å². The van der Waals surface area contributed by atoms with Crippen molar-refractivity contribution < 1.29 is 28.8 Å². The van der Waals surface area contributed by atoms with Crippen LogP contribution < -0.4 is 26.6 Å². The summed E-state index contributed by atoms with van der Waals surface area (Å²) in [5.41, 5.74) is 0.721. The van der Waals surface area contributed by atoms with Gasteiger partial charge in [-0.25, -0.2) is 0 Å². The Balaban J connectivity index is 1.85. The van der Waals surface area contributed by atoms with Gasteiger partial charge in [-0.2, -0.15) is 5.10 Å². The maximum absolute atomic E-state index is 13.5. The Morgan fingerprint density at radius 3 is 2.33 bits per heavy atom. The molecule has 3 rings (SSSR count). The van der Waals surface area contributed by atoms with Gasteiger partial charge in [-0.05, 0) is 31.2 Å². The minimum atomic E-state index is -1.11. The molecule has 1 aromatic carbocycles. The Morgan fingerprint density at radius 2 is 1.71 bits per heavy atom. The fourth-order valence-corrected chi connectivity index (χ4v) is 5.03. The van der Waals surface area contributed by atoms with Crippen LogP contribution in [0.5, 0.6) is 0 Å². The van der Waals surface area contributed by atoms with Crippen LogP contribution in [0.4, 0.5) is 0 Å². The summed E-state index contributed by atoms with van der Waals surface area (Å²) in [6, 6.07) is 4.85. The summed E-state index contributed by atoms with van der Waals surface area (Å²) in [5.74, 6) is -3.88. The molecule has 5 N–H and O–H groups in total. The van der Waals surface area contributed by atoms with E-state index in [1.807, 2.05) is 30.3 Å². The van der Waals surface area contributed by atoms with Crippen LogP contribution >= 0.6 is 11.6 Å². The Bertz CT molecular complexity index is 1400. The van der Waals surface area contributed by atoms with E-state index in [4.69, 9.17) is 11.6 Å². The van der Waals surface area contributed by atoms with E-state index in [0.29, 0.717) is 0 Å². The van der Waals surface area contributed by atoms with Crippen LogP contribution in [0.25, 0.3) is 0 Å². The molecule has 0 aliphatic carbocycles. The molecule has 14 nitrogen and oxygen atoms in total. The lowest BCUT2D eigenvalue weighted by atomic mass is 10.0.